The van der Waals surface area contributed by atoms with Crippen molar-refractivity contribution in [3.05, 3.63) is 69.9 Å². The molecule has 0 atom stereocenters. The molecule has 0 saturated heterocycles. The topological polar surface area (TPSA) is 82.2 Å². The van der Waals surface area contributed by atoms with Gasteiger partial charge in [-0.25, -0.2) is 17.6 Å². The lowest BCUT2D eigenvalue weighted by Gasteiger charge is -2.03. The fourth-order valence-electron chi connectivity index (χ4n) is 2.12. The van der Waals surface area contributed by atoms with Crippen molar-refractivity contribution >= 4 is 21.4 Å². The number of nitrogens with zero attached hydrogens (tertiary/aromatic N) is 2. The van der Waals surface area contributed by atoms with Gasteiger partial charge in [-0.3, -0.25) is 0 Å². The van der Waals surface area contributed by atoms with Crippen molar-refractivity contribution in [1.29, 1.82) is 0 Å². The molecule has 0 bridgehead atoms. The van der Waals surface area contributed by atoms with Gasteiger partial charge in [0.25, 0.3) is 0 Å². The van der Waals surface area contributed by atoms with Gasteiger partial charge in [-0.05, 0) is 48.5 Å². The van der Waals surface area contributed by atoms with Gasteiger partial charge in [0.1, 0.15) is 5.82 Å². The summed E-state index contributed by atoms with van der Waals surface area (Å²) in [5, 5.41) is 4.38. The number of hydrogen-bond donors (Lipinski definition) is 0. The van der Waals surface area contributed by atoms with Crippen LogP contribution in [0.15, 0.2) is 62.6 Å². The molecule has 25 heavy (non-hydrogen) atoms. The van der Waals surface area contributed by atoms with Crippen LogP contribution >= 0.6 is 11.6 Å². The molecule has 6 nitrogen and oxygen atoms in total. The van der Waals surface area contributed by atoms with Gasteiger partial charge >= 0.3 is 5.76 Å². The van der Waals surface area contributed by atoms with Crippen molar-refractivity contribution in [2.45, 2.75) is 11.4 Å². The Labute approximate surface area is 147 Å². The SMILES string of the molecule is O=c1oc(-c2ccc(F)cc2)nn1CCS(=O)(=O)c1ccc(Cl)cc1. The molecule has 3 aromatic rings. The van der Waals surface area contributed by atoms with Crippen LogP contribution in [0.1, 0.15) is 0 Å². The van der Waals surface area contributed by atoms with E-state index in [9.17, 15) is 17.6 Å². The maximum Gasteiger partial charge on any atom is 0.437 e. The van der Waals surface area contributed by atoms with E-state index in [4.69, 9.17) is 16.0 Å². The second kappa shape index (κ2) is 6.81. The van der Waals surface area contributed by atoms with Crippen molar-refractivity contribution < 1.29 is 17.2 Å². The Balaban J connectivity index is 1.78. The summed E-state index contributed by atoms with van der Waals surface area (Å²) in [6, 6.07) is 11.0. The molecule has 0 unspecified atom stereocenters. The normalized spacial score (nSPS) is 11.6. The standard InChI is InChI=1S/C16H12ClFN2O4S/c17-12-3-7-14(8-4-12)25(22,23)10-9-20-16(21)24-15(19-20)11-1-5-13(18)6-2-11/h1-8H,9-10H2. The molecule has 0 saturated carbocycles. The Morgan fingerprint density at radius 1 is 1.08 bits per heavy atom. The maximum atomic E-state index is 12.9. The monoisotopic (exact) mass is 382 g/mol. The molecule has 0 aliphatic carbocycles. The van der Waals surface area contributed by atoms with Crippen LogP contribution < -0.4 is 5.76 Å². The molecule has 1 heterocycles. The summed E-state index contributed by atoms with van der Waals surface area (Å²) in [7, 11) is -3.60. The molecule has 0 spiro atoms. The van der Waals surface area contributed by atoms with Crippen molar-refractivity contribution in [2.24, 2.45) is 0 Å². The smallest absolute Gasteiger partial charge is 0.388 e. The van der Waals surface area contributed by atoms with E-state index in [1.54, 1.807) is 0 Å². The highest BCUT2D eigenvalue weighted by atomic mass is 35.5. The summed E-state index contributed by atoms with van der Waals surface area (Å²) < 4.78 is 43.4. The highest BCUT2D eigenvalue weighted by Gasteiger charge is 2.17. The van der Waals surface area contributed by atoms with E-state index < -0.39 is 21.4 Å². The van der Waals surface area contributed by atoms with E-state index in [2.05, 4.69) is 5.10 Å². The van der Waals surface area contributed by atoms with Gasteiger partial charge in [-0.1, -0.05) is 11.6 Å². The minimum atomic E-state index is -3.60. The summed E-state index contributed by atoms with van der Waals surface area (Å²) in [6.07, 6.45) is 0. The Morgan fingerprint density at radius 3 is 2.36 bits per heavy atom. The van der Waals surface area contributed by atoms with E-state index in [0.717, 1.165) is 4.68 Å². The Bertz CT molecular complexity index is 1040. The van der Waals surface area contributed by atoms with Gasteiger partial charge in [0.05, 0.1) is 17.2 Å². The molecule has 3 rings (SSSR count). The first-order valence-corrected chi connectivity index (χ1v) is 9.20. The lowest BCUT2D eigenvalue weighted by molar-refractivity contribution is 0.489. The van der Waals surface area contributed by atoms with Crippen molar-refractivity contribution in [3.8, 4) is 11.5 Å². The van der Waals surface area contributed by atoms with Crippen LogP contribution in [0.25, 0.3) is 11.5 Å². The number of aromatic nitrogens is 2. The van der Waals surface area contributed by atoms with Gasteiger partial charge in [0.15, 0.2) is 9.84 Å². The summed E-state index contributed by atoms with van der Waals surface area (Å²) in [6.45, 7) is -0.172. The van der Waals surface area contributed by atoms with Gasteiger partial charge < -0.3 is 4.42 Å². The molecular weight excluding hydrogens is 371 g/mol. The van der Waals surface area contributed by atoms with Gasteiger partial charge in [-0.15, -0.1) is 5.10 Å². The Hall–Kier alpha value is -2.45. The predicted octanol–water partition coefficient (Wildman–Crippen LogP) is 2.77. The van der Waals surface area contributed by atoms with E-state index >= 15 is 0 Å². The zero-order valence-electron chi connectivity index (χ0n) is 12.7. The second-order valence-corrected chi connectivity index (χ2v) is 7.72. The van der Waals surface area contributed by atoms with Crippen molar-refractivity contribution in [3.63, 3.8) is 0 Å². The molecule has 130 valence electrons. The van der Waals surface area contributed by atoms with Crippen LogP contribution in [0.3, 0.4) is 0 Å². The predicted molar refractivity (Wildman–Crippen MR) is 89.7 cm³/mol. The fraction of sp³-hybridized carbons (Fsp3) is 0.125. The van der Waals surface area contributed by atoms with Crippen LogP contribution in [0, 0.1) is 5.82 Å². The lowest BCUT2D eigenvalue weighted by Crippen LogP contribution is -2.21. The van der Waals surface area contributed by atoms with E-state index in [-0.39, 0.29) is 23.1 Å². The van der Waals surface area contributed by atoms with E-state index in [0.29, 0.717) is 10.6 Å². The molecule has 9 heteroatoms. The summed E-state index contributed by atoms with van der Waals surface area (Å²) in [5.41, 5.74) is 0.415. The second-order valence-electron chi connectivity index (χ2n) is 5.18. The average molecular weight is 383 g/mol. The number of rotatable bonds is 5. The summed E-state index contributed by atoms with van der Waals surface area (Å²) in [5.74, 6) is -1.55. The van der Waals surface area contributed by atoms with E-state index in [1.807, 2.05) is 0 Å². The number of hydrogen-bond acceptors (Lipinski definition) is 5. The van der Waals surface area contributed by atoms with Crippen LogP contribution in [0.4, 0.5) is 4.39 Å². The van der Waals surface area contributed by atoms with Gasteiger partial charge in [0.2, 0.25) is 5.89 Å². The Kier molecular flexibility index (Phi) is 4.73. The van der Waals surface area contributed by atoms with Crippen LogP contribution in [-0.4, -0.2) is 24.0 Å². The van der Waals surface area contributed by atoms with Gasteiger partial charge in [0, 0.05) is 10.6 Å². The Morgan fingerprint density at radius 2 is 1.72 bits per heavy atom. The number of aryl methyl sites for hydroxylation is 1. The van der Waals surface area contributed by atoms with Crippen LogP contribution in [-0.2, 0) is 16.4 Å². The number of halogens is 2. The van der Waals surface area contributed by atoms with Crippen LogP contribution in [0.5, 0.6) is 0 Å². The first kappa shape index (κ1) is 17.4. The largest absolute Gasteiger partial charge is 0.437 e. The third-order valence-electron chi connectivity index (χ3n) is 3.44. The third kappa shape index (κ3) is 3.97. The maximum absolute atomic E-state index is 12.9. The van der Waals surface area contributed by atoms with Crippen molar-refractivity contribution in [1.82, 2.24) is 9.78 Å². The zero-order chi connectivity index (χ0) is 18.0. The molecule has 0 fully saturated rings. The first-order valence-electron chi connectivity index (χ1n) is 7.17. The third-order valence-corrected chi connectivity index (χ3v) is 5.40. The zero-order valence-corrected chi connectivity index (χ0v) is 14.3. The molecule has 0 N–H and O–H groups in total. The van der Waals surface area contributed by atoms with Crippen molar-refractivity contribution in [2.75, 3.05) is 5.75 Å². The van der Waals surface area contributed by atoms with Gasteiger partial charge in [-0.2, -0.15) is 4.68 Å². The number of benzene rings is 2. The molecule has 0 amide bonds. The summed E-state index contributed by atoms with van der Waals surface area (Å²) >= 11 is 5.74. The quantitative estimate of drug-likeness (QED) is 0.677. The lowest BCUT2D eigenvalue weighted by atomic mass is 10.2. The minimum Gasteiger partial charge on any atom is -0.388 e. The molecule has 2 aromatic carbocycles. The van der Waals surface area contributed by atoms with Crippen LogP contribution in [0.2, 0.25) is 5.02 Å². The summed E-state index contributed by atoms with van der Waals surface area (Å²) in [4.78, 5) is 11.9. The number of sulfone groups is 1. The minimum absolute atomic E-state index is 0.00566. The first-order chi connectivity index (χ1) is 11.8. The fourth-order valence-corrected chi connectivity index (χ4v) is 3.45. The molecule has 1 aromatic heterocycles. The highest BCUT2D eigenvalue weighted by Crippen LogP contribution is 2.17. The molecular formula is C16H12ClFN2O4S. The molecule has 0 radical (unpaired) electrons. The molecule has 0 aliphatic heterocycles. The molecule has 0 aliphatic rings. The van der Waals surface area contributed by atoms with E-state index in [1.165, 1.54) is 48.5 Å². The average Bonchev–Trinajstić information content (AvgIpc) is 2.95. The highest BCUT2D eigenvalue weighted by molar-refractivity contribution is 7.91.